The van der Waals surface area contributed by atoms with Gasteiger partial charge in [-0.1, -0.05) is 26.2 Å². The number of hydrogen-bond donors (Lipinski definition) is 1. The van der Waals surface area contributed by atoms with Crippen LogP contribution in [0.25, 0.3) is 0 Å². The zero-order valence-corrected chi connectivity index (χ0v) is 5.88. The van der Waals surface area contributed by atoms with Crippen LogP contribution in [0.4, 0.5) is 0 Å². The van der Waals surface area contributed by atoms with E-state index in [1.54, 1.807) is 0 Å². The molecule has 0 aromatic heterocycles. The molecule has 0 bridgehead atoms. The second-order valence-electron chi connectivity index (χ2n) is 2.00. The number of hydrogen-bond acceptors (Lipinski definition) is 2. The molecule has 0 fully saturated rings. The average Bonchev–Trinajstić information content (AvgIpc) is 1.89. The molecule has 0 heterocycles. The monoisotopic (exact) mass is 128 g/mol. The topological polar surface area (TPSA) is 32.6 Å². The van der Waals surface area contributed by atoms with Crippen LogP contribution >= 0.6 is 0 Å². The van der Waals surface area contributed by atoms with Crippen LogP contribution in [0.3, 0.4) is 0 Å². The molecule has 0 aliphatic carbocycles. The zero-order valence-electron chi connectivity index (χ0n) is 5.88. The number of nitrogens with zero attached hydrogens (tertiary/aromatic N) is 1. The zero-order chi connectivity index (χ0) is 6.95. The van der Waals surface area contributed by atoms with Crippen LogP contribution in [-0.2, 0) is 0 Å². The molecule has 0 aromatic carbocycles. The van der Waals surface area contributed by atoms with E-state index in [0.29, 0.717) is 0 Å². The molecule has 0 unspecified atom stereocenters. The summed E-state index contributed by atoms with van der Waals surface area (Å²) in [7, 11) is 0. The Balaban J connectivity index is 2.75. The maximum absolute atomic E-state index is 7.96. The van der Waals surface area contributed by atoms with Crippen molar-refractivity contribution in [3.8, 4) is 0 Å². The number of unbranched alkanes of at least 4 members (excludes halogenated alkanes) is 4. The Hall–Kier alpha value is -0.530. The third-order valence-electron chi connectivity index (χ3n) is 1.15. The highest BCUT2D eigenvalue weighted by Crippen LogP contribution is 1.99. The molecule has 0 aliphatic rings. The van der Waals surface area contributed by atoms with Gasteiger partial charge in [-0.15, -0.1) is 5.16 Å². The van der Waals surface area contributed by atoms with Gasteiger partial charge < -0.3 is 5.21 Å². The van der Waals surface area contributed by atoms with E-state index >= 15 is 0 Å². The molecule has 53 valence electrons. The number of rotatable bonds is 5. The fraction of sp³-hybridized carbons (Fsp3) is 0.714. The predicted octanol–water partition coefficient (Wildman–Crippen LogP) is 2.23. The lowest BCUT2D eigenvalue weighted by Gasteiger charge is -1.91. The molecular formula is C7H14NO. The van der Waals surface area contributed by atoms with E-state index in [2.05, 4.69) is 12.1 Å². The summed E-state index contributed by atoms with van der Waals surface area (Å²) in [4.78, 5) is 0. The minimum Gasteiger partial charge on any atom is -0.411 e. The van der Waals surface area contributed by atoms with Gasteiger partial charge in [0.25, 0.3) is 0 Å². The standard InChI is InChI=1S/C7H14NO/c1-2-3-4-5-6-7-8-9/h6-7,9H,2-5H2,1H3/b8-7-. The highest BCUT2D eigenvalue weighted by molar-refractivity contribution is 5.66. The molecule has 9 heavy (non-hydrogen) atoms. The van der Waals surface area contributed by atoms with Crippen LogP contribution in [0.5, 0.6) is 0 Å². The van der Waals surface area contributed by atoms with E-state index in [1.807, 2.05) is 6.42 Å². The Morgan fingerprint density at radius 3 is 2.78 bits per heavy atom. The highest BCUT2D eigenvalue weighted by Gasteiger charge is 1.83. The first-order valence-electron chi connectivity index (χ1n) is 3.41. The smallest absolute Gasteiger partial charge is 0.0473 e. The fourth-order valence-electron chi connectivity index (χ4n) is 0.634. The van der Waals surface area contributed by atoms with Crippen LogP contribution in [0.1, 0.15) is 32.6 Å². The van der Waals surface area contributed by atoms with E-state index in [0.717, 1.165) is 6.42 Å². The normalized spacial score (nSPS) is 10.8. The maximum Gasteiger partial charge on any atom is 0.0473 e. The first kappa shape index (κ1) is 8.47. The van der Waals surface area contributed by atoms with Crippen molar-refractivity contribution in [2.75, 3.05) is 0 Å². The first-order valence-corrected chi connectivity index (χ1v) is 3.41. The van der Waals surface area contributed by atoms with E-state index in [4.69, 9.17) is 5.21 Å². The molecule has 0 aromatic rings. The van der Waals surface area contributed by atoms with Crippen molar-refractivity contribution in [3.05, 3.63) is 6.42 Å². The SMILES string of the molecule is CCCCC[CH]/C=N\O. The predicted molar refractivity (Wildman–Crippen MR) is 38.7 cm³/mol. The lowest BCUT2D eigenvalue weighted by Crippen LogP contribution is -1.78. The summed E-state index contributed by atoms with van der Waals surface area (Å²) in [5.74, 6) is 0. The van der Waals surface area contributed by atoms with Crippen molar-refractivity contribution in [2.24, 2.45) is 5.16 Å². The summed E-state index contributed by atoms with van der Waals surface area (Å²) in [5.41, 5.74) is 0. The van der Waals surface area contributed by atoms with E-state index in [1.165, 1.54) is 25.5 Å². The largest absolute Gasteiger partial charge is 0.411 e. The number of oxime groups is 1. The van der Waals surface area contributed by atoms with Crippen molar-refractivity contribution < 1.29 is 5.21 Å². The Bertz CT molecular complexity index is 71.3. The van der Waals surface area contributed by atoms with E-state index in [9.17, 15) is 0 Å². The average molecular weight is 128 g/mol. The fourth-order valence-corrected chi connectivity index (χ4v) is 0.634. The summed E-state index contributed by atoms with van der Waals surface area (Å²) in [6.45, 7) is 2.17. The van der Waals surface area contributed by atoms with Crippen molar-refractivity contribution in [2.45, 2.75) is 32.6 Å². The molecule has 0 spiro atoms. The van der Waals surface area contributed by atoms with E-state index in [-0.39, 0.29) is 0 Å². The molecule has 1 N–H and O–H groups in total. The minimum atomic E-state index is 1.03. The Morgan fingerprint density at radius 2 is 2.22 bits per heavy atom. The van der Waals surface area contributed by atoms with Crippen molar-refractivity contribution in [3.63, 3.8) is 0 Å². The third kappa shape index (κ3) is 7.47. The quantitative estimate of drug-likeness (QED) is 0.262. The van der Waals surface area contributed by atoms with Crippen LogP contribution in [-0.4, -0.2) is 11.4 Å². The third-order valence-corrected chi connectivity index (χ3v) is 1.15. The lowest BCUT2D eigenvalue weighted by atomic mass is 10.2. The molecule has 0 rings (SSSR count). The maximum atomic E-state index is 7.96. The van der Waals surface area contributed by atoms with Crippen LogP contribution < -0.4 is 0 Å². The Kier molecular flexibility index (Phi) is 7.03. The van der Waals surface area contributed by atoms with Gasteiger partial charge >= 0.3 is 0 Å². The van der Waals surface area contributed by atoms with Gasteiger partial charge in [-0.2, -0.15) is 0 Å². The van der Waals surface area contributed by atoms with Crippen molar-refractivity contribution in [1.82, 2.24) is 0 Å². The van der Waals surface area contributed by atoms with Gasteiger partial charge in [-0.05, 0) is 6.42 Å². The van der Waals surface area contributed by atoms with Gasteiger partial charge in [0, 0.05) is 12.6 Å². The van der Waals surface area contributed by atoms with Gasteiger partial charge in [-0.3, -0.25) is 0 Å². The highest BCUT2D eigenvalue weighted by atomic mass is 16.4. The lowest BCUT2D eigenvalue weighted by molar-refractivity contribution is 0.321. The second kappa shape index (κ2) is 7.47. The van der Waals surface area contributed by atoms with Gasteiger partial charge in [0.2, 0.25) is 0 Å². The van der Waals surface area contributed by atoms with Gasteiger partial charge in [0.05, 0.1) is 0 Å². The second-order valence-corrected chi connectivity index (χ2v) is 2.00. The van der Waals surface area contributed by atoms with Crippen LogP contribution in [0, 0.1) is 6.42 Å². The minimum absolute atomic E-state index is 1.03. The Labute approximate surface area is 56.6 Å². The molecule has 0 saturated carbocycles. The molecular weight excluding hydrogens is 114 g/mol. The van der Waals surface area contributed by atoms with Crippen LogP contribution in [0.15, 0.2) is 5.16 Å². The van der Waals surface area contributed by atoms with Gasteiger partial charge in [0.1, 0.15) is 0 Å². The van der Waals surface area contributed by atoms with E-state index < -0.39 is 0 Å². The molecule has 1 radical (unpaired) electrons. The summed E-state index contributed by atoms with van der Waals surface area (Å²) in [6.07, 6.45) is 8.02. The molecule has 0 amide bonds. The van der Waals surface area contributed by atoms with Crippen molar-refractivity contribution in [1.29, 1.82) is 0 Å². The van der Waals surface area contributed by atoms with Gasteiger partial charge in [-0.25, -0.2) is 0 Å². The molecule has 0 aliphatic heterocycles. The van der Waals surface area contributed by atoms with Crippen LogP contribution in [0.2, 0.25) is 0 Å². The summed E-state index contributed by atoms with van der Waals surface area (Å²) in [6, 6.07) is 0. The summed E-state index contributed by atoms with van der Waals surface area (Å²) < 4.78 is 0. The molecule has 2 heteroatoms. The Morgan fingerprint density at radius 1 is 1.44 bits per heavy atom. The van der Waals surface area contributed by atoms with Gasteiger partial charge in [0.15, 0.2) is 0 Å². The summed E-state index contributed by atoms with van der Waals surface area (Å²) >= 11 is 0. The summed E-state index contributed by atoms with van der Waals surface area (Å²) in [5, 5.41) is 10.8. The molecule has 2 nitrogen and oxygen atoms in total. The molecule has 0 atom stereocenters. The first-order chi connectivity index (χ1) is 4.41. The molecule has 0 saturated heterocycles. The van der Waals surface area contributed by atoms with Crippen molar-refractivity contribution >= 4 is 6.21 Å².